The molecular weight excluding hydrogens is 320 g/mol. The number of hydrogen-bond acceptors (Lipinski definition) is 5. The Morgan fingerprint density at radius 1 is 1.25 bits per heavy atom. The minimum absolute atomic E-state index is 0.249. The number of aliphatic hydroxyl groups is 1. The molecule has 0 amide bonds. The maximum atomic E-state index is 12.9. The van der Waals surface area contributed by atoms with E-state index in [4.69, 9.17) is 0 Å². The average molecular weight is 338 g/mol. The second-order valence-corrected chi connectivity index (χ2v) is 6.69. The molecule has 4 rings (SSSR count). The molecule has 122 valence electrons. The molecule has 24 heavy (non-hydrogen) atoms. The summed E-state index contributed by atoms with van der Waals surface area (Å²) in [4.78, 5) is 19.4. The average Bonchev–Trinajstić information content (AvgIpc) is 2.94. The third kappa shape index (κ3) is 2.19. The number of amidine groups is 1. The van der Waals surface area contributed by atoms with E-state index < -0.39 is 5.60 Å². The third-order valence-electron chi connectivity index (χ3n) is 4.75. The number of carbonyl (C=O) groups excluding carboxylic acids is 1. The highest BCUT2D eigenvalue weighted by Gasteiger charge is 2.52. The molecule has 0 spiro atoms. The van der Waals surface area contributed by atoms with E-state index in [1.165, 1.54) is 0 Å². The Morgan fingerprint density at radius 2 is 2.00 bits per heavy atom. The molecular formula is C19H18N2O2S. The van der Waals surface area contributed by atoms with Crippen molar-refractivity contribution in [3.63, 3.8) is 0 Å². The van der Waals surface area contributed by atoms with E-state index in [0.717, 1.165) is 16.8 Å². The molecule has 2 aromatic carbocycles. The number of Topliss-reactive ketones (excluding diaryl/α,β-unsaturated/α-hetero) is 1. The Kier molecular flexibility index (Phi) is 3.51. The molecule has 1 saturated heterocycles. The van der Waals surface area contributed by atoms with Gasteiger partial charge in [-0.15, -0.1) is 0 Å². The van der Waals surface area contributed by atoms with Crippen molar-refractivity contribution in [3.8, 4) is 0 Å². The summed E-state index contributed by atoms with van der Waals surface area (Å²) in [5, 5.41) is 11.0. The highest BCUT2D eigenvalue weighted by atomic mass is 32.1. The van der Waals surface area contributed by atoms with Gasteiger partial charge in [-0.2, -0.15) is 12.6 Å². The maximum absolute atomic E-state index is 12.9. The minimum Gasteiger partial charge on any atom is -0.374 e. The lowest BCUT2D eigenvalue weighted by molar-refractivity contribution is 0.0602. The fourth-order valence-electron chi connectivity index (χ4n) is 3.38. The Hall–Kier alpha value is -2.11. The second kappa shape index (κ2) is 5.46. The molecule has 2 aliphatic heterocycles. The van der Waals surface area contributed by atoms with Crippen molar-refractivity contribution < 1.29 is 9.90 Å². The van der Waals surface area contributed by atoms with Gasteiger partial charge in [0, 0.05) is 30.0 Å². The van der Waals surface area contributed by atoms with E-state index in [9.17, 15) is 9.90 Å². The lowest BCUT2D eigenvalue weighted by Gasteiger charge is -2.29. The van der Waals surface area contributed by atoms with Gasteiger partial charge in [-0.25, -0.2) is 4.99 Å². The quantitative estimate of drug-likeness (QED) is 0.826. The van der Waals surface area contributed by atoms with Gasteiger partial charge < -0.3 is 10.0 Å². The Morgan fingerprint density at radius 3 is 2.71 bits per heavy atom. The predicted molar refractivity (Wildman–Crippen MR) is 98.6 cm³/mol. The maximum Gasteiger partial charge on any atom is 0.204 e. The van der Waals surface area contributed by atoms with Crippen molar-refractivity contribution in [1.29, 1.82) is 0 Å². The lowest BCUT2D eigenvalue weighted by Crippen LogP contribution is -2.48. The molecule has 0 aliphatic carbocycles. The van der Waals surface area contributed by atoms with Crippen LogP contribution in [0.1, 0.15) is 27.9 Å². The van der Waals surface area contributed by atoms with Gasteiger partial charge in [-0.1, -0.05) is 23.8 Å². The number of anilines is 1. The third-order valence-corrected chi connectivity index (χ3v) is 5.12. The van der Waals surface area contributed by atoms with E-state index in [1.807, 2.05) is 48.2 Å². The Balaban J connectivity index is 1.81. The van der Waals surface area contributed by atoms with Gasteiger partial charge in [0.25, 0.3) is 0 Å². The number of nitrogens with zero attached hydrogens (tertiary/aromatic N) is 2. The molecule has 2 heterocycles. The highest BCUT2D eigenvalue weighted by molar-refractivity contribution is 7.79. The van der Waals surface area contributed by atoms with E-state index in [0.29, 0.717) is 35.8 Å². The van der Waals surface area contributed by atoms with Crippen molar-refractivity contribution in [3.05, 3.63) is 59.2 Å². The van der Waals surface area contributed by atoms with Crippen LogP contribution in [0, 0.1) is 6.92 Å². The molecule has 1 fully saturated rings. The topological polar surface area (TPSA) is 52.9 Å². The first kappa shape index (κ1) is 15.4. The van der Waals surface area contributed by atoms with Crippen molar-refractivity contribution in [2.45, 2.75) is 24.7 Å². The van der Waals surface area contributed by atoms with Crippen LogP contribution in [0.4, 0.5) is 11.4 Å². The summed E-state index contributed by atoms with van der Waals surface area (Å²) in [5.41, 5.74) is 2.65. The summed E-state index contributed by atoms with van der Waals surface area (Å²) in [7, 11) is 0. The van der Waals surface area contributed by atoms with Gasteiger partial charge in [0.05, 0.1) is 5.69 Å². The molecule has 1 N–H and O–H groups in total. The summed E-state index contributed by atoms with van der Waals surface area (Å²) in [6, 6.07) is 13.5. The highest BCUT2D eigenvalue weighted by Crippen LogP contribution is 2.39. The number of hydrogen-bond donors (Lipinski definition) is 2. The van der Waals surface area contributed by atoms with Crippen molar-refractivity contribution in [2.75, 3.05) is 11.4 Å². The summed E-state index contributed by atoms with van der Waals surface area (Å²) in [6.45, 7) is 2.50. The van der Waals surface area contributed by atoms with E-state index in [1.54, 1.807) is 6.07 Å². The number of thiol groups is 1. The van der Waals surface area contributed by atoms with Crippen molar-refractivity contribution >= 4 is 35.6 Å². The molecule has 0 unspecified atom stereocenters. The molecule has 2 aliphatic rings. The summed E-state index contributed by atoms with van der Waals surface area (Å²) >= 11 is 4.27. The van der Waals surface area contributed by atoms with E-state index in [2.05, 4.69) is 17.6 Å². The fourth-order valence-corrected chi connectivity index (χ4v) is 3.59. The molecule has 4 nitrogen and oxygen atoms in total. The van der Waals surface area contributed by atoms with E-state index >= 15 is 0 Å². The zero-order valence-corrected chi connectivity index (χ0v) is 14.3. The van der Waals surface area contributed by atoms with Crippen LogP contribution in [0.3, 0.4) is 0 Å². The van der Waals surface area contributed by atoms with Gasteiger partial charge in [-0.3, -0.25) is 4.79 Å². The zero-order chi connectivity index (χ0) is 16.9. The molecule has 1 atom stereocenters. The number of carbonyl (C=O) groups is 1. The van der Waals surface area contributed by atoms with Gasteiger partial charge >= 0.3 is 0 Å². The van der Waals surface area contributed by atoms with Crippen LogP contribution in [-0.2, 0) is 5.75 Å². The van der Waals surface area contributed by atoms with E-state index in [-0.39, 0.29) is 5.78 Å². The fraction of sp³-hybridized carbons (Fsp3) is 0.263. The van der Waals surface area contributed by atoms with Crippen molar-refractivity contribution in [1.82, 2.24) is 0 Å². The number of aliphatic imine (C=N–C) groups is 1. The van der Waals surface area contributed by atoms with Crippen LogP contribution < -0.4 is 4.90 Å². The number of fused-ring (bicyclic) bond motifs is 2. The zero-order valence-electron chi connectivity index (χ0n) is 13.4. The number of benzene rings is 2. The first-order valence-corrected chi connectivity index (χ1v) is 8.60. The molecule has 0 saturated carbocycles. The number of ketones is 1. The monoisotopic (exact) mass is 338 g/mol. The van der Waals surface area contributed by atoms with Crippen molar-refractivity contribution in [2.24, 2.45) is 4.99 Å². The first-order valence-electron chi connectivity index (χ1n) is 7.97. The molecule has 0 bridgehead atoms. The smallest absolute Gasteiger partial charge is 0.204 e. The van der Waals surface area contributed by atoms with Gasteiger partial charge in [0.15, 0.2) is 5.60 Å². The van der Waals surface area contributed by atoms with Crippen LogP contribution in [0.2, 0.25) is 0 Å². The minimum atomic E-state index is -1.52. The molecule has 0 aromatic heterocycles. The van der Waals surface area contributed by atoms with Crippen LogP contribution in [0.25, 0.3) is 0 Å². The van der Waals surface area contributed by atoms with Crippen LogP contribution in [-0.4, -0.2) is 28.9 Å². The molecule has 0 radical (unpaired) electrons. The summed E-state index contributed by atoms with van der Waals surface area (Å²) < 4.78 is 0. The largest absolute Gasteiger partial charge is 0.374 e. The van der Waals surface area contributed by atoms with Gasteiger partial charge in [0.2, 0.25) is 5.78 Å². The van der Waals surface area contributed by atoms with Crippen LogP contribution in [0.15, 0.2) is 47.5 Å². The summed E-state index contributed by atoms with van der Waals surface area (Å²) in [6.07, 6.45) is 0.354. The Labute approximate surface area is 146 Å². The number of aryl methyl sites for hydroxylation is 1. The molecule has 5 heteroatoms. The summed E-state index contributed by atoms with van der Waals surface area (Å²) in [5.74, 6) is 0.860. The first-order chi connectivity index (χ1) is 11.5. The lowest BCUT2D eigenvalue weighted by atomic mass is 9.87. The molecule has 2 aromatic rings. The SMILES string of the molecule is Cc1ccc2c(c1)C(=O)[C@]1(O)CCN(c3ccc(CS)cc3)C1=N2. The second-order valence-electron chi connectivity index (χ2n) is 6.37. The normalized spacial score (nSPS) is 22.2. The standard InChI is InChI=1S/C19H18N2O2S/c1-12-2-7-16-15(10-12)17(22)19(23)8-9-21(18(19)20-16)14-5-3-13(11-24)4-6-14/h2-7,10,23-24H,8-9,11H2,1H3/t19-/m1/s1. The van der Waals surface area contributed by atoms with Crippen LogP contribution >= 0.6 is 12.6 Å². The van der Waals surface area contributed by atoms with Gasteiger partial charge in [0.1, 0.15) is 5.84 Å². The predicted octanol–water partition coefficient (Wildman–Crippen LogP) is 3.29. The van der Waals surface area contributed by atoms with Crippen LogP contribution in [0.5, 0.6) is 0 Å². The van der Waals surface area contributed by atoms with Gasteiger partial charge in [-0.05, 0) is 36.8 Å². The number of rotatable bonds is 2. The Bertz CT molecular complexity index is 860.